The first-order chi connectivity index (χ1) is 32.7. The number of hydrogen-bond acceptors (Lipinski definition) is 3. The quantitative estimate of drug-likeness (QED) is 0.144. The van der Waals surface area contributed by atoms with Crippen LogP contribution >= 0.6 is 0 Å². The highest BCUT2D eigenvalue weighted by Crippen LogP contribution is 2.61. The zero-order valence-corrected chi connectivity index (χ0v) is 36.5. The second-order valence-corrected chi connectivity index (χ2v) is 18.0. The highest BCUT2D eigenvalue weighted by atomic mass is 16.5. The second kappa shape index (κ2) is 15.5. The third-order valence-electron chi connectivity index (χ3n) is 14.2. The van der Waals surface area contributed by atoms with E-state index in [1.54, 1.807) is 0 Å². The first-order valence-electron chi connectivity index (χ1n) is 23.2. The summed E-state index contributed by atoms with van der Waals surface area (Å²) in [5.41, 5.74) is 15.0. The maximum Gasteiger partial charge on any atom is 0.160 e. The maximum absolute atomic E-state index is 7.63. The van der Waals surface area contributed by atoms with Crippen molar-refractivity contribution in [1.29, 1.82) is 0 Å². The van der Waals surface area contributed by atoms with Gasteiger partial charge in [-0.2, -0.15) is 0 Å². The minimum atomic E-state index is 0.0374. The van der Waals surface area contributed by atoms with Crippen LogP contribution in [-0.2, 0) is 5.41 Å². The Hall–Kier alpha value is -8.14. The van der Waals surface area contributed by atoms with E-state index in [1.807, 2.05) is 0 Å². The van der Waals surface area contributed by atoms with E-state index in [9.17, 15) is 0 Å². The Morgan fingerprint density at radius 1 is 0.500 bits per heavy atom. The standard InChI is InChI=1S/C63H46N2O/c1-4-15-43(16-5-1)45-29-34-51(35-30-45)64(52-36-31-46(32-37-52)44-17-6-2-7-18-44)58-28-14-26-56-55-25-12-21-48-33-38-59(62(60(48)55)66-61(56)58)65(57-27-13-20-47-19-10-11-24-54(47)57)53-39-40-63(42-50(63)41-53)49-22-8-3-9-23-49/h1-6,8-17,19-41,50H,7,18,42H2. The first kappa shape index (κ1) is 38.3. The summed E-state index contributed by atoms with van der Waals surface area (Å²) >= 11 is 0. The molecule has 1 heterocycles. The molecule has 314 valence electrons. The monoisotopic (exact) mass is 846 g/mol. The lowest BCUT2D eigenvalue weighted by molar-refractivity contribution is 0.489. The molecule has 1 saturated carbocycles. The lowest BCUT2D eigenvalue weighted by Gasteiger charge is -2.34. The summed E-state index contributed by atoms with van der Waals surface area (Å²) in [5, 5.41) is 4.66. The molecule has 0 radical (unpaired) electrons. The van der Waals surface area contributed by atoms with Crippen LogP contribution in [0.1, 0.15) is 30.4 Å². The van der Waals surface area contributed by atoms with Gasteiger partial charge in [0.05, 0.1) is 17.1 Å². The molecule has 0 amide bonds. The van der Waals surface area contributed by atoms with Crippen LogP contribution in [0.2, 0.25) is 0 Å². The zero-order chi connectivity index (χ0) is 43.6. The molecular formula is C63H46N2O. The minimum absolute atomic E-state index is 0.0374. The van der Waals surface area contributed by atoms with Crippen molar-refractivity contribution < 1.29 is 4.74 Å². The average Bonchev–Trinajstić information content (AvgIpc) is 4.14. The van der Waals surface area contributed by atoms with Gasteiger partial charge in [0.25, 0.3) is 0 Å². The van der Waals surface area contributed by atoms with Crippen molar-refractivity contribution in [3.63, 3.8) is 0 Å². The Morgan fingerprint density at radius 3 is 1.94 bits per heavy atom. The van der Waals surface area contributed by atoms with Crippen molar-refractivity contribution >= 4 is 55.6 Å². The number of nitrogens with zero attached hydrogens (tertiary/aromatic N) is 2. The number of allylic oxidation sites excluding steroid dienone is 7. The molecule has 1 fully saturated rings. The van der Waals surface area contributed by atoms with Gasteiger partial charge in [-0.1, -0.05) is 188 Å². The summed E-state index contributed by atoms with van der Waals surface area (Å²) in [6.07, 6.45) is 17.2. The molecular weight excluding hydrogens is 801 g/mol. The number of anilines is 5. The Morgan fingerprint density at radius 2 is 1.15 bits per heavy atom. The van der Waals surface area contributed by atoms with E-state index in [0.29, 0.717) is 5.92 Å². The van der Waals surface area contributed by atoms with Crippen LogP contribution in [0, 0.1) is 5.92 Å². The average molecular weight is 847 g/mol. The Kier molecular flexibility index (Phi) is 9.02. The summed E-state index contributed by atoms with van der Waals surface area (Å²) in [4.78, 5) is 4.82. The molecule has 2 unspecified atom stereocenters. The van der Waals surface area contributed by atoms with Gasteiger partial charge in [-0.3, -0.25) is 0 Å². The largest absolute Gasteiger partial charge is 0.452 e. The molecule has 9 aromatic carbocycles. The first-order valence-corrected chi connectivity index (χ1v) is 23.2. The van der Waals surface area contributed by atoms with Crippen LogP contribution in [0.4, 0.5) is 28.4 Å². The van der Waals surface area contributed by atoms with E-state index in [2.05, 4.69) is 246 Å². The SMILES string of the molecule is C1=CCCC(c2ccc(N(c3ccc(-c4ccccc4)cc3)c3cccc4c3Oc3c(N(C5=CC6CC6(c6ccccc6)C=C5)c5cccc6ccccc56)ccc5cccc-4c35)cc2)=C1. The highest BCUT2D eigenvalue weighted by molar-refractivity contribution is 6.10. The fourth-order valence-electron chi connectivity index (χ4n) is 10.8. The molecule has 3 heteroatoms. The minimum Gasteiger partial charge on any atom is -0.452 e. The topological polar surface area (TPSA) is 15.7 Å². The normalized spacial score (nSPS) is 17.6. The van der Waals surface area contributed by atoms with Crippen LogP contribution < -0.4 is 14.5 Å². The Bertz CT molecular complexity index is 3470. The maximum atomic E-state index is 7.63. The predicted octanol–water partition coefficient (Wildman–Crippen LogP) is 17.2. The summed E-state index contributed by atoms with van der Waals surface area (Å²) in [6.45, 7) is 0. The molecule has 4 aliphatic rings. The fraction of sp³-hybridized carbons (Fsp3) is 0.0794. The van der Waals surface area contributed by atoms with Crippen molar-refractivity contribution in [3.05, 3.63) is 253 Å². The summed E-state index contributed by atoms with van der Waals surface area (Å²) < 4.78 is 7.63. The van der Waals surface area contributed by atoms with Crippen molar-refractivity contribution in [2.24, 2.45) is 5.92 Å². The van der Waals surface area contributed by atoms with E-state index in [1.165, 1.54) is 38.6 Å². The number of fused-ring (bicyclic) bond motifs is 4. The summed E-state index contributed by atoms with van der Waals surface area (Å²) in [5.74, 6) is 2.09. The van der Waals surface area contributed by atoms with Gasteiger partial charge in [-0.25, -0.2) is 0 Å². The van der Waals surface area contributed by atoms with Gasteiger partial charge >= 0.3 is 0 Å². The smallest absolute Gasteiger partial charge is 0.160 e. The molecule has 0 aromatic heterocycles. The van der Waals surface area contributed by atoms with Crippen molar-refractivity contribution in [3.8, 4) is 33.8 Å². The molecule has 0 saturated heterocycles. The van der Waals surface area contributed by atoms with Gasteiger partial charge in [0.15, 0.2) is 11.5 Å². The lowest BCUT2D eigenvalue weighted by atomic mass is 9.89. The molecule has 0 spiro atoms. The Balaban J connectivity index is 0.987. The van der Waals surface area contributed by atoms with E-state index in [0.717, 1.165) is 86.8 Å². The fourth-order valence-corrected chi connectivity index (χ4v) is 10.8. The number of ether oxygens (including phenoxy) is 1. The van der Waals surface area contributed by atoms with Crippen LogP contribution in [0.25, 0.3) is 49.4 Å². The molecule has 2 atom stereocenters. The summed E-state index contributed by atoms with van der Waals surface area (Å²) in [6, 6.07) is 72.8. The number of hydrogen-bond donors (Lipinski definition) is 0. The molecule has 3 aliphatic carbocycles. The second-order valence-electron chi connectivity index (χ2n) is 18.0. The van der Waals surface area contributed by atoms with Gasteiger partial charge in [0, 0.05) is 38.8 Å². The van der Waals surface area contributed by atoms with E-state index in [4.69, 9.17) is 4.74 Å². The number of rotatable bonds is 9. The van der Waals surface area contributed by atoms with Crippen LogP contribution in [0.5, 0.6) is 11.5 Å². The van der Waals surface area contributed by atoms with Crippen molar-refractivity contribution in [2.75, 3.05) is 9.80 Å². The van der Waals surface area contributed by atoms with E-state index < -0.39 is 0 Å². The molecule has 0 bridgehead atoms. The molecule has 0 N–H and O–H groups in total. The van der Waals surface area contributed by atoms with Gasteiger partial charge in [0.1, 0.15) is 0 Å². The predicted molar refractivity (Wildman–Crippen MR) is 275 cm³/mol. The number of benzene rings is 9. The van der Waals surface area contributed by atoms with Crippen molar-refractivity contribution in [2.45, 2.75) is 24.7 Å². The molecule has 66 heavy (non-hydrogen) atoms. The van der Waals surface area contributed by atoms with Gasteiger partial charge in [-0.15, -0.1) is 0 Å². The van der Waals surface area contributed by atoms with E-state index >= 15 is 0 Å². The molecule has 9 aromatic rings. The van der Waals surface area contributed by atoms with Crippen LogP contribution in [0.15, 0.2) is 242 Å². The van der Waals surface area contributed by atoms with Crippen LogP contribution in [-0.4, -0.2) is 0 Å². The lowest BCUT2D eigenvalue weighted by Crippen LogP contribution is -2.20. The third-order valence-corrected chi connectivity index (χ3v) is 14.2. The molecule has 3 nitrogen and oxygen atoms in total. The zero-order valence-electron chi connectivity index (χ0n) is 36.5. The van der Waals surface area contributed by atoms with Gasteiger partial charge < -0.3 is 14.5 Å². The Labute approximate surface area is 386 Å². The molecule has 13 rings (SSSR count). The number of para-hydroxylation sites is 1. The van der Waals surface area contributed by atoms with Crippen LogP contribution in [0.3, 0.4) is 0 Å². The third kappa shape index (κ3) is 6.34. The van der Waals surface area contributed by atoms with Gasteiger partial charge in [0.2, 0.25) is 0 Å². The van der Waals surface area contributed by atoms with Gasteiger partial charge in [-0.05, 0) is 118 Å². The van der Waals surface area contributed by atoms with E-state index in [-0.39, 0.29) is 5.41 Å². The summed E-state index contributed by atoms with van der Waals surface area (Å²) in [7, 11) is 0. The van der Waals surface area contributed by atoms with Crippen molar-refractivity contribution in [1.82, 2.24) is 0 Å². The highest BCUT2D eigenvalue weighted by Gasteiger charge is 2.53. The molecule has 1 aliphatic heterocycles.